The fourth-order valence-electron chi connectivity index (χ4n) is 3.69. The van der Waals surface area contributed by atoms with E-state index in [1.807, 2.05) is 0 Å². The van der Waals surface area contributed by atoms with Gasteiger partial charge in [-0.05, 0) is 62.4 Å². The van der Waals surface area contributed by atoms with Gasteiger partial charge in [0.05, 0.1) is 0 Å². The van der Waals surface area contributed by atoms with E-state index < -0.39 is 0 Å². The second-order valence-corrected chi connectivity index (χ2v) is 6.38. The van der Waals surface area contributed by atoms with Crippen molar-refractivity contribution in [2.45, 2.75) is 45.7 Å². The van der Waals surface area contributed by atoms with Crippen LogP contribution in [0, 0.1) is 6.92 Å². The maximum Gasteiger partial charge on any atom is 0.0354 e. The molecule has 0 bridgehead atoms. The third-order valence-corrected chi connectivity index (χ3v) is 4.78. The van der Waals surface area contributed by atoms with Crippen molar-refractivity contribution in [2.75, 3.05) is 6.54 Å². The highest BCUT2D eigenvalue weighted by atomic mass is 15.2. The molecule has 1 heterocycles. The summed E-state index contributed by atoms with van der Waals surface area (Å²) in [6.45, 7) is 8.15. The van der Waals surface area contributed by atoms with E-state index in [1.54, 1.807) is 0 Å². The zero-order chi connectivity index (χ0) is 14.8. The summed E-state index contributed by atoms with van der Waals surface area (Å²) < 4.78 is 0. The minimum Gasteiger partial charge on any atom is -0.294 e. The van der Waals surface area contributed by atoms with Crippen LogP contribution in [0.3, 0.4) is 0 Å². The molecule has 1 aliphatic rings. The Balaban J connectivity index is 2.01. The van der Waals surface area contributed by atoms with E-state index >= 15 is 0 Å². The maximum absolute atomic E-state index is 2.65. The highest BCUT2D eigenvalue weighted by Crippen LogP contribution is 2.37. The topological polar surface area (TPSA) is 3.24 Å². The SMILES string of the molecule is Cc1c(-c2ccccc2)cccc1[C@@H]1CCCN1C(C)C. The van der Waals surface area contributed by atoms with Crippen LogP contribution in [0.1, 0.15) is 43.9 Å². The number of hydrogen-bond acceptors (Lipinski definition) is 1. The average molecular weight is 279 g/mol. The molecule has 0 radical (unpaired) electrons. The Bertz CT molecular complexity index is 600. The molecule has 3 rings (SSSR count). The van der Waals surface area contributed by atoms with Gasteiger partial charge >= 0.3 is 0 Å². The van der Waals surface area contributed by atoms with Crippen LogP contribution in [-0.4, -0.2) is 17.5 Å². The lowest BCUT2D eigenvalue weighted by molar-refractivity contribution is 0.205. The van der Waals surface area contributed by atoms with Crippen LogP contribution in [0.25, 0.3) is 11.1 Å². The molecule has 110 valence electrons. The quantitative estimate of drug-likeness (QED) is 0.745. The normalized spacial score (nSPS) is 19.3. The number of likely N-dealkylation sites (tertiary alicyclic amines) is 1. The van der Waals surface area contributed by atoms with Gasteiger partial charge in [-0.1, -0.05) is 48.5 Å². The van der Waals surface area contributed by atoms with Crippen molar-refractivity contribution in [1.29, 1.82) is 0 Å². The highest BCUT2D eigenvalue weighted by Gasteiger charge is 2.29. The molecule has 1 aliphatic heterocycles. The van der Waals surface area contributed by atoms with Crippen molar-refractivity contribution < 1.29 is 0 Å². The van der Waals surface area contributed by atoms with Crippen molar-refractivity contribution in [3.63, 3.8) is 0 Å². The summed E-state index contributed by atoms with van der Waals surface area (Å²) in [6.07, 6.45) is 2.61. The molecule has 1 heteroatoms. The molecule has 2 aromatic carbocycles. The predicted octanol–water partition coefficient (Wildman–Crippen LogP) is 5.21. The minimum atomic E-state index is 0.591. The molecule has 21 heavy (non-hydrogen) atoms. The Kier molecular flexibility index (Phi) is 4.12. The summed E-state index contributed by atoms with van der Waals surface area (Å²) in [7, 11) is 0. The number of rotatable bonds is 3. The summed E-state index contributed by atoms with van der Waals surface area (Å²) in [4.78, 5) is 2.65. The monoisotopic (exact) mass is 279 g/mol. The number of nitrogens with zero attached hydrogens (tertiary/aromatic N) is 1. The Morgan fingerprint density at radius 2 is 1.76 bits per heavy atom. The average Bonchev–Trinajstić information content (AvgIpc) is 2.98. The van der Waals surface area contributed by atoms with Crippen LogP contribution in [-0.2, 0) is 0 Å². The largest absolute Gasteiger partial charge is 0.294 e. The zero-order valence-corrected chi connectivity index (χ0v) is 13.3. The van der Waals surface area contributed by atoms with Crippen LogP contribution in [0.2, 0.25) is 0 Å². The van der Waals surface area contributed by atoms with Gasteiger partial charge in [-0.3, -0.25) is 4.90 Å². The molecule has 0 N–H and O–H groups in total. The first-order chi connectivity index (χ1) is 10.2. The smallest absolute Gasteiger partial charge is 0.0354 e. The van der Waals surface area contributed by atoms with Gasteiger partial charge in [0.15, 0.2) is 0 Å². The molecule has 2 aromatic rings. The van der Waals surface area contributed by atoms with Crippen LogP contribution < -0.4 is 0 Å². The van der Waals surface area contributed by atoms with Gasteiger partial charge in [-0.25, -0.2) is 0 Å². The fourth-order valence-corrected chi connectivity index (χ4v) is 3.69. The molecule has 0 unspecified atom stereocenters. The summed E-state index contributed by atoms with van der Waals surface area (Å²) in [5.41, 5.74) is 5.67. The first-order valence-corrected chi connectivity index (χ1v) is 8.09. The van der Waals surface area contributed by atoms with Gasteiger partial charge in [0.1, 0.15) is 0 Å². The Morgan fingerprint density at radius 1 is 1.00 bits per heavy atom. The van der Waals surface area contributed by atoms with Crippen molar-refractivity contribution in [3.05, 3.63) is 59.7 Å². The van der Waals surface area contributed by atoms with Crippen LogP contribution >= 0.6 is 0 Å². The molecule has 1 atom stereocenters. The molecular weight excluding hydrogens is 254 g/mol. The number of benzene rings is 2. The van der Waals surface area contributed by atoms with Crippen molar-refractivity contribution in [1.82, 2.24) is 4.90 Å². The van der Waals surface area contributed by atoms with Gasteiger partial charge in [0, 0.05) is 12.1 Å². The summed E-state index contributed by atoms with van der Waals surface area (Å²) in [6, 6.07) is 18.8. The maximum atomic E-state index is 2.65. The van der Waals surface area contributed by atoms with E-state index in [9.17, 15) is 0 Å². The minimum absolute atomic E-state index is 0.591. The van der Waals surface area contributed by atoms with Gasteiger partial charge < -0.3 is 0 Å². The lowest BCUT2D eigenvalue weighted by Crippen LogP contribution is -2.30. The zero-order valence-electron chi connectivity index (χ0n) is 13.3. The highest BCUT2D eigenvalue weighted by molar-refractivity contribution is 5.68. The molecule has 0 aromatic heterocycles. The first-order valence-electron chi connectivity index (χ1n) is 8.09. The van der Waals surface area contributed by atoms with E-state index in [4.69, 9.17) is 0 Å². The molecule has 0 saturated carbocycles. The predicted molar refractivity (Wildman–Crippen MR) is 90.4 cm³/mol. The Hall–Kier alpha value is -1.60. The lowest BCUT2D eigenvalue weighted by atomic mass is 9.92. The molecule has 0 aliphatic carbocycles. The molecule has 1 saturated heterocycles. The summed E-state index contributed by atoms with van der Waals surface area (Å²) in [5.74, 6) is 0. The van der Waals surface area contributed by atoms with Crippen molar-refractivity contribution >= 4 is 0 Å². The second kappa shape index (κ2) is 6.03. The van der Waals surface area contributed by atoms with E-state index in [-0.39, 0.29) is 0 Å². The van der Waals surface area contributed by atoms with Crippen LogP contribution in [0.5, 0.6) is 0 Å². The van der Waals surface area contributed by atoms with E-state index in [2.05, 4.69) is 74.2 Å². The molecular formula is C20H25N. The van der Waals surface area contributed by atoms with Gasteiger partial charge in [-0.15, -0.1) is 0 Å². The van der Waals surface area contributed by atoms with Crippen LogP contribution in [0.15, 0.2) is 48.5 Å². The third-order valence-electron chi connectivity index (χ3n) is 4.78. The van der Waals surface area contributed by atoms with Crippen molar-refractivity contribution in [2.24, 2.45) is 0 Å². The summed E-state index contributed by atoms with van der Waals surface area (Å²) in [5, 5.41) is 0. The van der Waals surface area contributed by atoms with E-state index in [1.165, 1.54) is 41.6 Å². The van der Waals surface area contributed by atoms with Crippen LogP contribution in [0.4, 0.5) is 0 Å². The van der Waals surface area contributed by atoms with Gasteiger partial charge in [0.2, 0.25) is 0 Å². The fraction of sp³-hybridized carbons (Fsp3) is 0.400. The first kappa shape index (κ1) is 14.3. The summed E-state index contributed by atoms with van der Waals surface area (Å²) >= 11 is 0. The molecule has 0 spiro atoms. The third kappa shape index (κ3) is 2.75. The Labute approximate surface area is 128 Å². The molecule has 1 nitrogen and oxygen atoms in total. The lowest BCUT2D eigenvalue weighted by Gasteiger charge is -2.30. The van der Waals surface area contributed by atoms with Crippen molar-refractivity contribution in [3.8, 4) is 11.1 Å². The Morgan fingerprint density at radius 3 is 2.48 bits per heavy atom. The number of hydrogen-bond donors (Lipinski definition) is 0. The van der Waals surface area contributed by atoms with E-state index in [0.29, 0.717) is 12.1 Å². The van der Waals surface area contributed by atoms with E-state index in [0.717, 1.165) is 0 Å². The van der Waals surface area contributed by atoms with Gasteiger partial charge in [0.25, 0.3) is 0 Å². The molecule has 1 fully saturated rings. The molecule has 0 amide bonds. The second-order valence-electron chi connectivity index (χ2n) is 6.38. The standard InChI is InChI=1S/C20H25N/c1-15(2)21-14-8-13-20(21)19-12-7-11-18(16(19)3)17-9-5-4-6-10-17/h4-7,9-12,15,20H,8,13-14H2,1-3H3/t20-/m0/s1. The van der Waals surface area contributed by atoms with Gasteiger partial charge in [-0.2, -0.15) is 0 Å².